The Balaban J connectivity index is 1.48. The van der Waals surface area contributed by atoms with Gasteiger partial charge in [0, 0.05) is 35.6 Å². The number of nitrogens with one attached hydrogen (secondary N) is 1. The Labute approximate surface area is 181 Å². The molecule has 7 nitrogen and oxygen atoms in total. The first-order valence-electron chi connectivity index (χ1n) is 10.1. The second-order valence-electron chi connectivity index (χ2n) is 7.81. The van der Waals surface area contributed by atoms with Crippen LogP contribution < -0.4 is 10.2 Å². The zero-order valence-corrected chi connectivity index (χ0v) is 18.1. The average molecular weight is 425 g/mol. The topological polar surface area (TPSA) is 75.9 Å². The van der Waals surface area contributed by atoms with Crippen molar-refractivity contribution in [2.24, 2.45) is 5.92 Å². The van der Waals surface area contributed by atoms with Gasteiger partial charge in [-0.2, -0.15) is 5.10 Å². The van der Waals surface area contributed by atoms with Crippen LogP contribution in [0.25, 0.3) is 5.82 Å². The van der Waals surface area contributed by atoms with Crippen molar-refractivity contribution < 1.29 is 4.79 Å². The van der Waals surface area contributed by atoms with E-state index in [-0.39, 0.29) is 11.8 Å². The van der Waals surface area contributed by atoms with Crippen LogP contribution >= 0.6 is 11.6 Å². The van der Waals surface area contributed by atoms with E-state index in [1.54, 1.807) is 12.4 Å². The first kappa shape index (κ1) is 20.3. The van der Waals surface area contributed by atoms with Crippen molar-refractivity contribution in [3.8, 4) is 5.82 Å². The number of carbonyl (C=O) groups excluding carboxylic acids is 1. The zero-order valence-electron chi connectivity index (χ0n) is 17.4. The van der Waals surface area contributed by atoms with Crippen LogP contribution in [0.4, 0.5) is 11.5 Å². The minimum Gasteiger partial charge on any atom is -0.356 e. The third-order valence-electron chi connectivity index (χ3n) is 5.42. The lowest BCUT2D eigenvalue weighted by Gasteiger charge is -2.33. The van der Waals surface area contributed by atoms with Gasteiger partial charge in [0.1, 0.15) is 12.1 Å². The molecular weight excluding hydrogens is 400 g/mol. The maximum atomic E-state index is 12.8. The molecule has 1 fully saturated rings. The van der Waals surface area contributed by atoms with Crippen LogP contribution in [0.2, 0.25) is 5.02 Å². The summed E-state index contributed by atoms with van der Waals surface area (Å²) in [5.41, 5.74) is 3.67. The lowest BCUT2D eigenvalue weighted by molar-refractivity contribution is -0.120. The van der Waals surface area contributed by atoms with Gasteiger partial charge in [-0.1, -0.05) is 17.7 Å². The summed E-state index contributed by atoms with van der Waals surface area (Å²) in [6.07, 6.45) is 3.32. The smallest absolute Gasteiger partial charge is 0.229 e. The number of hydrogen-bond acceptors (Lipinski definition) is 5. The molecule has 0 spiro atoms. The second-order valence-corrected chi connectivity index (χ2v) is 8.22. The molecule has 0 radical (unpaired) electrons. The molecule has 30 heavy (non-hydrogen) atoms. The van der Waals surface area contributed by atoms with Crippen molar-refractivity contribution in [1.29, 1.82) is 0 Å². The van der Waals surface area contributed by atoms with E-state index in [2.05, 4.69) is 25.3 Å². The van der Waals surface area contributed by atoms with Crippen LogP contribution in [0.15, 0.2) is 36.7 Å². The Kier molecular flexibility index (Phi) is 5.72. The molecule has 1 N–H and O–H groups in total. The molecule has 2 aromatic heterocycles. The van der Waals surface area contributed by atoms with E-state index in [1.807, 2.05) is 49.7 Å². The van der Waals surface area contributed by atoms with E-state index in [4.69, 9.17) is 11.6 Å². The van der Waals surface area contributed by atoms with Crippen LogP contribution in [-0.2, 0) is 4.79 Å². The number of carbonyl (C=O) groups is 1. The molecule has 8 heteroatoms. The Morgan fingerprint density at radius 3 is 2.67 bits per heavy atom. The summed E-state index contributed by atoms with van der Waals surface area (Å²) in [7, 11) is 0. The fraction of sp³-hybridized carbons (Fsp3) is 0.364. The molecular formula is C22H25ClN6O. The number of nitrogens with zero attached hydrogens (tertiary/aromatic N) is 5. The van der Waals surface area contributed by atoms with Crippen molar-refractivity contribution in [2.75, 3.05) is 23.3 Å². The highest BCUT2D eigenvalue weighted by molar-refractivity contribution is 6.31. The largest absolute Gasteiger partial charge is 0.356 e. The molecule has 1 saturated heterocycles. The Morgan fingerprint density at radius 2 is 1.93 bits per heavy atom. The van der Waals surface area contributed by atoms with Gasteiger partial charge in [0.2, 0.25) is 5.91 Å². The number of rotatable bonds is 4. The lowest BCUT2D eigenvalue weighted by atomic mass is 9.97. The van der Waals surface area contributed by atoms with Crippen LogP contribution in [0.3, 0.4) is 0 Å². The summed E-state index contributed by atoms with van der Waals surface area (Å²) in [5, 5.41) is 8.15. The maximum absolute atomic E-state index is 12.8. The molecule has 1 atom stereocenters. The van der Waals surface area contributed by atoms with Gasteiger partial charge in [-0.15, -0.1) is 0 Å². The number of aryl methyl sites for hydroxylation is 3. The summed E-state index contributed by atoms with van der Waals surface area (Å²) in [4.78, 5) is 23.8. The van der Waals surface area contributed by atoms with Crippen LogP contribution in [0, 0.1) is 26.7 Å². The quantitative estimate of drug-likeness (QED) is 0.682. The number of anilines is 2. The van der Waals surface area contributed by atoms with Crippen molar-refractivity contribution in [2.45, 2.75) is 33.6 Å². The molecule has 1 unspecified atom stereocenters. The van der Waals surface area contributed by atoms with Crippen molar-refractivity contribution >= 4 is 29.0 Å². The SMILES string of the molecule is Cc1cc(C)n(-c2cc(N3CCCC(C(=O)Nc4ccc(C)c(Cl)c4)C3)ncn2)n1. The Bertz CT molecular complexity index is 1080. The summed E-state index contributed by atoms with van der Waals surface area (Å²) < 4.78 is 1.82. The predicted molar refractivity (Wildman–Crippen MR) is 118 cm³/mol. The van der Waals surface area contributed by atoms with E-state index < -0.39 is 0 Å². The number of halogens is 1. The van der Waals surface area contributed by atoms with Gasteiger partial charge in [0.25, 0.3) is 0 Å². The van der Waals surface area contributed by atoms with Gasteiger partial charge >= 0.3 is 0 Å². The highest BCUT2D eigenvalue weighted by atomic mass is 35.5. The predicted octanol–water partition coefficient (Wildman–Crippen LogP) is 4.10. The molecule has 0 saturated carbocycles. The Hall–Kier alpha value is -2.93. The third-order valence-corrected chi connectivity index (χ3v) is 5.83. The van der Waals surface area contributed by atoms with Gasteiger partial charge in [-0.3, -0.25) is 4.79 Å². The first-order chi connectivity index (χ1) is 14.4. The van der Waals surface area contributed by atoms with E-state index in [1.165, 1.54) is 0 Å². The minimum absolute atomic E-state index is 0.00689. The molecule has 1 aromatic carbocycles. The molecule has 3 aromatic rings. The number of benzene rings is 1. The summed E-state index contributed by atoms with van der Waals surface area (Å²) >= 11 is 6.18. The highest BCUT2D eigenvalue weighted by Gasteiger charge is 2.27. The molecule has 4 rings (SSSR count). The normalized spacial score (nSPS) is 16.5. The number of hydrogen-bond donors (Lipinski definition) is 1. The lowest BCUT2D eigenvalue weighted by Crippen LogP contribution is -2.41. The third kappa shape index (κ3) is 4.31. The van der Waals surface area contributed by atoms with E-state index in [9.17, 15) is 4.79 Å². The van der Waals surface area contributed by atoms with Crippen LogP contribution in [0.5, 0.6) is 0 Å². The summed E-state index contributed by atoms with van der Waals surface area (Å²) in [6.45, 7) is 7.36. The Morgan fingerprint density at radius 1 is 1.13 bits per heavy atom. The van der Waals surface area contributed by atoms with Gasteiger partial charge < -0.3 is 10.2 Å². The highest BCUT2D eigenvalue weighted by Crippen LogP contribution is 2.25. The zero-order chi connectivity index (χ0) is 21.3. The number of amides is 1. The molecule has 3 heterocycles. The van der Waals surface area contributed by atoms with Gasteiger partial charge in [-0.25, -0.2) is 14.6 Å². The van der Waals surface area contributed by atoms with E-state index >= 15 is 0 Å². The number of aromatic nitrogens is 4. The average Bonchev–Trinajstić information content (AvgIpc) is 3.09. The molecule has 0 bridgehead atoms. The summed E-state index contributed by atoms with van der Waals surface area (Å²) in [5.74, 6) is 1.42. The summed E-state index contributed by atoms with van der Waals surface area (Å²) in [6, 6.07) is 9.53. The van der Waals surface area contributed by atoms with Crippen LogP contribution in [-0.4, -0.2) is 38.7 Å². The second kappa shape index (κ2) is 8.44. The first-order valence-corrected chi connectivity index (χ1v) is 10.5. The van der Waals surface area contributed by atoms with Crippen molar-refractivity contribution in [1.82, 2.24) is 19.7 Å². The fourth-order valence-electron chi connectivity index (χ4n) is 3.80. The molecule has 1 aliphatic heterocycles. The van der Waals surface area contributed by atoms with Gasteiger partial charge in [0.05, 0.1) is 11.6 Å². The van der Waals surface area contributed by atoms with Crippen LogP contribution in [0.1, 0.15) is 29.8 Å². The minimum atomic E-state index is -0.120. The van der Waals surface area contributed by atoms with Crippen molar-refractivity contribution in [3.05, 3.63) is 58.6 Å². The molecule has 0 aliphatic carbocycles. The van der Waals surface area contributed by atoms with Gasteiger partial charge in [-0.05, 0) is 57.4 Å². The fourth-order valence-corrected chi connectivity index (χ4v) is 3.98. The molecule has 1 amide bonds. The monoisotopic (exact) mass is 424 g/mol. The van der Waals surface area contributed by atoms with E-state index in [0.717, 1.165) is 53.7 Å². The number of piperidine rings is 1. The standard InChI is InChI=1S/C22H25ClN6O/c1-14-6-7-18(10-19(14)23)26-22(30)17-5-4-8-28(12-17)20-11-21(25-13-24-20)29-16(3)9-15(2)27-29/h6-7,9-11,13,17H,4-5,8,12H2,1-3H3,(H,26,30). The molecule has 1 aliphatic rings. The van der Waals surface area contributed by atoms with Gasteiger partial charge in [0.15, 0.2) is 5.82 Å². The van der Waals surface area contributed by atoms with E-state index in [0.29, 0.717) is 11.6 Å². The molecule has 156 valence electrons. The van der Waals surface area contributed by atoms with Crippen molar-refractivity contribution in [3.63, 3.8) is 0 Å². The maximum Gasteiger partial charge on any atom is 0.229 e.